The quantitative estimate of drug-likeness (QED) is 0.898. The largest absolute Gasteiger partial charge is 0.324 e. The van der Waals surface area contributed by atoms with Gasteiger partial charge in [0.1, 0.15) is 5.82 Å². The molecule has 0 aliphatic rings. The van der Waals surface area contributed by atoms with Crippen LogP contribution >= 0.6 is 0 Å². The lowest BCUT2D eigenvalue weighted by molar-refractivity contribution is -0.116. The second-order valence-corrected chi connectivity index (χ2v) is 4.75. The fourth-order valence-electron chi connectivity index (χ4n) is 1.95. The van der Waals surface area contributed by atoms with E-state index in [2.05, 4.69) is 5.32 Å². The molecule has 0 radical (unpaired) electrons. The maximum absolute atomic E-state index is 13.5. The van der Waals surface area contributed by atoms with Crippen molar-refractivity contribution in [3.8, 4) is 0 Å². The zero-order valence-corrected chi connectivity index (χ0v) is 11.3. The summed E-state index contributed by atoms with van der Waals surface area (Å²) in [7, 11) is 0. The maximum Gasteiger partial charge on any atom is 0.226 e. The number of amides is 1. The summed E-state index contributed by atoms with van der Waals surface area (Å²) in [6, 6.07) is 13.5. The number of carbonyl (C=O) groups is 1. The molecule has 0 fully saturated rings. The first-order valence-electron chi connectivity index (χ1n) is 6.43. The molecule has 0 bridgehead atoms. The summed E-state index contributed by atoms with van der Waals surface area (Å²) < 4.78 is 13.5. The molecule has 0 aromatic heterocycles. The Kier molecular flexibility index (Phi) is 4.48. The number of aryl methyl sites for hydroxylation is 1. The Bertz CT molecular complexity index is 599. The number of halogens is 1. The van der Waals surface area contributed by atoms with Crippen LogP contribution in [0.5, 0.6) is 0 Å². The molecule has 2 aromatic carbocycles. The molecule has 104 valence electrons. The van der Waals surface area contributed by atoms with Crippen LogP contribution in [0.15, 0.2) is 48.5 Å². The van der Waals surface area contributed by atoms with Crippen LogP contribution in [0.25, 0.3) is 0 Å². The minimum absolute atomic E-state index is 0.109. The number of carbonyl (C=O) groups excluding carboxylic acids is 1. The number of nitrogens with two attached hydrogens (primary N) is 1. The molecule has 1 amide bonds. The van der Waals surface area contributed by atoms with Crippen molar-refractivity contribution in [3.05, 3.63) is 65.5 Å². The van der Waals surface area contributed by atoms with Crippen LogP contribution < -0.4 is 11.1 Å². The van der Waals surface area contributed by atoms with Crippen LogP contribution in [0.1, 0.15) is 23.6 Å². The highest BCUT2D eigenvalue weighted by atomic mass is 19.1. The molecule has 2 rings (SSSR count). The SMILES string of the molecule is Cc1ccc(F)c(NC(=O)CC(N)c2ccccc2)c1. The molecular weight excluding hydrogens is 255 g/mol. The van der Waals surface area contributed by atoms with E-state index in [-0.39, 0.29) is 18.0 Å². The van der Waals surface area contributed by atoms with Crippen molar-refractivity contribution in [1.82, 2.24) is 0 Å². The Morgan fingerprint density at radius 1 is 1.25 bits per heavy atom. The number of anilines is 1. The first kappa shape index (κ1) is 14.2. The van der Waals surface area contributed by atoms with Gasteiger partial charge in [-0.05, 0) is 30.2 Å². The summed E-state index contributed by atoms with van der Waals surface area (Å²) in [5, 5.41) is 2.56. The molecule has 2 aromatic rings. The lowest BCUT2D eigenvalue weighted by Gasteiger charge is -2.12. The van der Waals surface area contributed by atoms with E-state index in [0.29, 0.717) is 0 Å². The summed E-state index contributed by atoms with van der Waals surface area (Å²) in [5.41, 5.74) is 7.92. The molecule has 1 atom stereocenters. The Balaban J connectivity index is 2.01. The van der Waals surface area contributed by atoms with Gasteiger partial charge in [0.15, 0.2) is 0 Å². The van der Waals surface area contributed by atoms with E-state index in [1.165, 1.54) is 6.07 Å². The molecule has 0 heterocycles. The first-order valence-corrected chi connectivity index (χ1v) is 6.43. The van der Waals surface area contributed by atoms with Gasteiger partial charge in [0, 0.05) is 12.5 Å². The lowest BCUT2D eigenvalue weighted by Crippen LogP contribution is -2.21. The van der Waals surface area contributed by atoms with Crippen LogP contribution in [0.2, 0.25) is 0 Å². The van der Waals surface area contributed by atoms with Gasteiger partial charge in [0.2, 0.25) is 5.91 Å². The number of benzene rings is 2. The molecule has 0 saturated carbocycles. The van der Waals surface area contributed by atoms with Gasteiger partial charge in [-0.15, -0.1) is 0 Å². The van der Waals surface area contributed by atoms with E-state index in [9.17, 15) is 9.18 Å². The Morgan fingerprint density at radius 2 is 1.95 bits per heavy atom. The van der Waals surface area contributed by atoms with E-state index in [0.717, 1.165) is 11.1 Å². The Morgan fingerprint density at radius 3 is 2.65 bits per heavy atom. The smallest absolute Gasteiger partial charge is 0.226 e. The van der Waals surface area contributed by atoms with Crippen LogP contribution in [0.4, 0.5) is 10.1 Å². The van der Waals surface area contributed by atoms with Crippen LogP contribution in [-0.2, 0) is 4.79 Å². The average Bonchev–Trinajstić information content (AvgIpc) is 2.43. The average molecular weight is 272 g/mol. The highest BCUT2D eigenvalue weighted by Crippen LogP contribution is 2.18. The van der Waals surface area contributed by atoms with Crippen molar-refractivity contribution >= 4 is 11.6 Å². The number of rotatable bonds is 4. The molecule has 3 nitrogen and oxygen atoms in total. The van der Waals surface area contributed by atoms with Crippen LogP contribution in [0.3, 0.4) is 0 Å². The van der Waals surface area contributed by atoms with Gasteiger partial charge in [0.05, 0.1) is 5.69 Å². The van der Waals surface area contributed by atoms with Crippen molar-refractivity contribution in [2.75, 3.05) is 5.32 Å². The summed E-state index contributed by atoms with van der Waals surface area (Å²) in [4.78, 5) is 11.9. The summed E-state index contributed by atoms with van der Waals surface area (Å²) in [6.45, 7) is 1.84. The van der Waals surface area contributed by atoms with Crippen molar-refractivity contribution in [2.24, 2.45) is 5.73 Å². The fourth-order valence-corrected chi connectivity index (χ4v) is 1.95. The summed E-state index contributed by atoms with van der Waals surface area (Å²) in [6.07, 6.45) is 0.109. The van der Waals surface area contributed by atoms with Crippen molar-refractivity contribution in [3.63, 3.8) is 0 Å². The van der Waals surface area contributed by atoms with Crippen molar-refractivity contribution in [2.45, 2.75) is 19.4 Å². The highest BCUT2D eigenvalue weighted by Gasteiger charge is 2.13. The summed E-state index contributed by atoms with van der Waals surface area (Å²) >= 11 is 0. The minimum Gasteiger partial charge on any atom is -0.324 e. The van der Waals surface area contributed by atoms with Gasteiger partial charge >= 0.3 is 0 Å². The van der Waals surface area contributed by atoms with Gasteiger partial charge in [0.25, 0.3) is 0 Å². The molecule has 3 N–H and O–H groups in total. The normalized spacial score (nSPS) is 11.9. The molecule has 0 spiro atoms. The lowest BCUT2D eigenvalue weighted by atomic mass is 10.0. The van der Waals surface area contributed by atoms with E-state index >= 15 is 0 Å². The summed E-state index contributed by atoms with van der Waals surface area (Å²) in [5.74, 6) is -0.747. The fraction of sp³-hybridized carbons (Fsp3) is 0.188. The topological polar surface area (TPSA) is 55.1 Å². The third-order valence-corrected chi connectivity index (χ3v) is 3.03. The third kappa shape index (κ3) is 3.65. The zero-order valence-electron chi connectivity index (χ0n) is 11.3. The molecule has 20 heavy (non-hydrogen) atoms. The predicted molar refractivity (Wildman–Crippen MR) is 77.8 cm³/mol. The van der Waals surface area contributed by atoms with Crippen molar-refractivity contribution < 1.29 is 9.18 Å². The molecule has 0 aliphatic carbocycles. The second kappa shape index (κ2) is 6.30. The van der Waals surface area contributed by atoms with Gasteiger partial charge in [-0.25, -0.2) is 4.39 Å². The molecule has 1 unspecified atom stereocenters. The number of hydrogen-bond acceptors (Lipinski definition) is 2. The minimum atomic E-state index is -0.447. The van der Waals surface area contributed by atoms with Gasteiger partial charge in [-0.2, -0.15) is 0 Å². The van der Waals surface area contributed by atoms with Gasteiger partial charge in [-0.3, -0.25) is 4.79 Å². The third-order valence-electron chi connectivity index (χ3n) is 3.03. The number of hydrogen-bond donors (Lipinski definition) is 2. The van der Waals surface area contributed by atoms with Crippen LogP contribution in [-0.4, -0.2) is 5.91 Å². The van der Waals surface area contributed by atoms with E-state index < -0.39 is 11.9 Å². The Hall–Kier alpha value is -2.20. The molecule has 4 heteroatoms. The standard InChI is InChI=1S/C16H17FN2O/c1-11-7-8-13(17)15(9-11)19-16(20)10-14(18)12-5-3-2-4-6-12/h2-9,14H,10,18H2,1H3,(H,19,20). The molecular formula is C16H17FN2O. The Labute approximate surface area is 117 Å². The second-order valence-electron chi connectivity index (χ2n) is 4.75. The first-order chi connectivity index (χ1) is 9.56. The molecule has 0 saturated heterocycles. The highest BCUT2D eigenvalue weighted by molar-refractivity contribution is 5.91. The van der Waals surface area contributed by atoms with Gasteiger partial charge < -0.3 is 11.1 Å². The maximum atomic E-state index is 13.5. The monoisotopic (exact) mass is 272 g/mol. The predicted octanol–water partition coefficient (Wildman–Crippen LogP) is 3.16. The molecule has 0 aliphatic heterocycles. The van der Waals surface area contributed by atoms with Crippen molar-refractivity contribution in [1.29, 1.82) is 0 Å². The van der Waals surface area contributed by atoms with E-state index in [4.69, 9.17) is 5.73 Å². The van der Waals surface area contributed by atoms with Gasteiger partial charge in [-0.1, -0.05) is 36.4 Å². The van der Waals surface area contributed by atoms with E-state index in [1.807, 2.05) is 37.3 Å². The number of nitrogens with one attached hydrogen (secondary N) is 1. The zero-order chi connectivity index (χ0) is 14.5. The van der Waals surface area contributed by atoms with E-state index in [1.54, 1.807) is 12.1 Å². The van der Waals surface area contributed by atoms with Crippen LogP contribution in [0, 0.1) is 12.7 Å².